The van der Waals surface area contributed by atoms with Crippen LogP contribution in [0.4, 0.5) is 0 Å². The van der Waals surface area contributed by atoms with Gasteiger partial charge in [0.25, 0.3) is 0 Å². The van der Waals surface area contributed by atoms with Crippen LogP contribution in [0, 0.1) is 24.8 Å². The largest absolute Gasteiger partial charge is 0.469 e. The summed E-state index contributed by atoms with van der Waals surface area (Å²) in [5, 5.41) is 3.31. The van der Waals surface area contributed by atoms with Crippen molar-refractivity contribution in [1.29, 1.82) is 0 Å². The molecule has 1 saturated heterocycles. The van der Waals surface area contributed by atoms with Gasteiger partial charge in [0.1, 0.15) is 0 Å². The van der Waals surface area contributed by atoms with Gasteiger partial charge in [0, 0.05) is 32.7 Å². The van der Waals surface area contributed by atoms with Gasteiger partial charge in [0.05, 0.1) is 0 Å². The molecular weight excluding hydrogens is 211 g/mol. The third-order valence-electron chi connectivity index (χ3n) is 2.25. The molecule has 1 N–H and O–H groups in total. The maximum atomic E-state index is 4.10. The van der Waals surface area contributed by atoms with Crippen LogP contribution in [0.2, 0.25) is 0 Å². The quantitative estimate of drug-likeness (QED) is 0.728. The van der Waals surface area contributed by atoms with Crippen LogP contribution in [0.5, 0.6) is 0 Å². The Hall–Kier alpha value is 1.06. The molecule has 1 atom stereocenters. The maximum absolute atomic E-state index is 4.10. The topological polar surface area (TPSA) is 12.0 Å². The van der Waals surface area contributed by atoms with E-state index >= 15 is 0 Å². The number of nitrogens with one attached hydrogen (secondary N) is 1. The van der Waals surface area contributed by atoms with Crippen molar-refractivity contribution in [2.45, 2.75) is 26.7 Å². The fourth-order valence-electron chi connectivity index (χ4n) is 1.03. The minimum absolute atomic E-state index is 0. The minimum atomic E-state index is 0. The van der Waals surface area contributed by atoms with Crippen molar-refractivity contribution < 1.29 is 32.7 Å². The Bertz CT molecular complexity index is 99.7. The Labute approximate surface area is 95.6 Å². The summed E-state index contributed by atoms with van der Waals surface area (Å²) in [6, 6.07) is 1.51. The molecule has 0 aliphatic carbocycles. The van der Waals surface area contributed by atoms with Gasteiger partial charge >= 0.3 is 0 Å². The Morgan fingerprint density at radius 3 is 2.36 bits per heavy atom. The van der Waals surface area contributed by atoms with Crippen LogP contribution in [0.25, 0.3) is 0 Å². The molecule has 63 valence electrons. The molecule has 0 aromatic rings. The summed E-state index contributed by atoms with van der Waals surface area (Å²) >= 11 is 0. The summed E-state index contributed by atoms with van der Waals surface area (Å²) in [5.74, 6) is 1.32. The molecule has 1 rings (SSSR count). The summed E-state index contributed by atoms with van der Waals surface area (Å²) in [4.78, 5) is 0. The molecular formula is C9H17NY-2. The van der Waals surface area contributed by atoms with E-state index in [9.17, 15) is 0 Å². The van der Waals surface area contributed by atoms with E-state index < -0.39 is 0 Å². The summed E-state index contributed by atoms with van der Waals surface area (Å²) in [7, 11) is 0. The normalized spacial score (nSPS) is 20.7. The van der Waals surface area contributed by atoms with Gasteiger partial charge < -0.3 is 12.2 Å². The van der Waals surface area contributed by atoms with Crippen molar-refractivity contribution in [2.75, 3.05) is 6.54 Å². The van der Waals surface area contributed by atoms with E-state index in [1.165, 1.54) is 25.4 Å². The number of hydrogen-bond acceptors (Lipinski definition) is 1. The van der Waals surface area contributed by atoms with Gasteiger partial charge in [-0.25, -0.2) is 0 Å². The summed E-state index contributed by atoms with van der Waals surface area (Å²) < 4.78 is 0. The van der Waals surface area contributed by atoms with Gasteiger partial charge in [-0.1, -0.05) is 26.3 Å². The van der Waals surface area contributed by atoms with Crippen LogP contribution >= 0.6 is 0 Å². The first-order valence-corrected chi connectivity index (χ1v) is 4.12. The molecule has 0 bridgehead atoms. The fourth-order valence-corrected chi connectivity index (χ4v) is 1.03. The first-order chi connectivity index (χ1) is 4.70. The molecule has 1 aliphatic rings. The Morgan fingerprint density at radius 1 is 1.55 bits per heavy atom. The summed E-state index contributed by atoms with van der Waals surface area (Å²) in [5.41, 5.74) is 0. The van der Waals surface area contributed by atoms with Crippen LogP contribution in [0.3, 0.4) is 0 Å². The third-order valence-corrected chi connectivity index (χ3v) is 2.25. The van der Waals surface area contributed by atoms with Crippen molar-refractivity contribution >= 4 is 0 Å². The van der Waals surface area contributed by atoms with Crippen molar-refractivity contribution in [2.24, 2.45) is 11.8 Å². The van der Waals surface area contributed by atoms with Crippen molar-refractivity contribution in [3.63, 3.8) is 0 Å². The van der Waals surface area contributed by atoms with Crippen LogP contribution < -0.4 is 5.32 Å². The van der Waals surface area contributed by atoms with Gasteiger partial charge in [-0.2, -0.15) is 18.8 Å². The van der Waals surface area contributed by atoms with Crippen molar-refractivity contribution in [3.05, 3.63) is 13.0 Å². The maximum Gasteiger partial charge on any atom is 0 e. The second-order valence-corrected chi connectivity index (χ2v) is 3.49. The van der Waals surface area contributed by atoms with E-state index in [1.54, 1.807) is 0 Å². The van der Waals surface area contributed by atoms with Crippen LogP contribution in [-0.4, -0.2) is 6.54 Å². The molecule has 1 aliphatic heterocycles. The molecule has 0 spiro atoms. The number of rotatable bonds is 3. The first-order valence-electron chi connectivity index (χ1n) is 4.12. The zero-order valence-electron chi connectivity index (χ0n) is 7.56. The average molecular weight is 228 g/mol. The monoisotopic (exact) mass is 228 g/mol. The van der Waals surface area contributed by atoms with Crippen LogP contribution in [0.1, 0.15) is 26.7 Å². The zero-order chi connectivity index (χ0) is 7.56. The van der Waals surface area contributed by atoms with Crippen molar-refractivity contribution in [3.8, 4) is 0 Å². The van der Waals surface area contributed by atoms with Crippen molar-refractivity contribution in [1.82, 2.24) is 5.32 Å². The molecule has 0 aromatic heterocycles. The molecule has 2 heteroatoms. The zero-order valence-corrected chi connectivity index (χ0v) is 10.4. The molecule has 0 saturated carbocycles. The fraction of sp³-hybridized carbons (Fsp3) is 0.778. The standard InChI is InChI=1S/C9H17N.Y/c1-7(2)8(3)6-9-4-5-10-9;/h7-8,10H,3-6H2,1-2H3;/q-2;. The van der Waals surface area contributed by atoms with E-state index in [2.05, 4.69) is 26.1 Å². The van der Waals surface area contributed by atoms with Gasteiger partial charge in [0.15, 0.2) is 0 Å². The molecule has 11 heavy (non-hydrogen) atoms. The van der Waals surface area contributed by atoms with Gasteiger partial charge in [0.2, 0.25) is 0 Å². The Kier molecular flexibility index (Phi) is 6.21. The SMILES string of the molecule is [CH2-]C(C[C-]1CCN1)C(C)C.[Y]. The molecule has 0 amide bonds. The van der Waals surface area contributed by atoms with E-state index in [-0.39, 0.29) is 32.7 Å². The average Bonchev–Trinajstić information content (AvgIpc) is 1.77. The van der Waals surface area contributed by atoms with Crippen LogP contribution in [0.15, 0.2) is 0 Å². The van der Waals surface area contributed by atoms with Gasteiger partial charge in [-0.15, -0.1) is 0 Å². The first kappa shape index (κ1) is 12.1. The molecule has 0 aromatic carbocycles. The molecule has 1 fully saturated rings. The van der Waals surface area contributed by atoms with E-state index in [4.69, 9.17) is 0 Å². The molecule has 1 radical (unpaired) electrons. The summed E-state index contributed by atoms with van der Waals surface area (Å²) in [6.07, 6.45) is 2.45. The predicted molar refractivity (Wildman–Crippen MR) is 44.2 cm³/mol. The van der Waals surface area contributed by atoms with E-state index in [0.29, 0.717) is 5.92 Å². The van der Waals surface area contributed by atoms with Gasteiger partial charge in [-0.05, 0) is 0 Å². The van der Waals surface area contributed by atoms with E-state index in [0.717, 1.165) is 5.92 Å². The predicted octanol–water partition coefficient (Wildman–Crippen LogP) is 2.01. The summed E-state index contributed by atoms with van der Waals surface area (Å²) in [6.45, 7) is 9.75. The van der Waals surface area contributed by atoms with E-state index in [1.807, 2.05) is 0 Å². The molecule has 1 nitrogen and oxygen atoms in total. The second kappa shape index (κ2) is 5.67. The third kappa shape index (κ3) is 4.01. The molecule has 1 unspecified atom stereocenters. The van der Waals surface area contributed by atoms with Crippen LogP contribution in [-0.2, 0) is 32.7 Å². The smallest absolute Gasteiger partial charge is 0 e. The second-order valence-electron chi connectivity index (χ2n) is 3.49. The Balaban J connectivity index is 0.000001000. The van der Waals surface area contributed by atoms with Gasteiger partial charge in [-0.3, -0.25) is 6.04 Å². The number of hydrogen-bond donors (Lipinski definition) is 1. The molecule has 1 heterocycles. The Morgan fingerprint density at radius 2 is 2.09 bits per heavy atom. The minimum Gasteiger partial charge on any atom is -0.469 e.